The van der Waals surface area contributed by atoms with Crippen molar-refractivity contribution in [3.05, 3.63) is 53.3 Å². The number of aromatic nitrogens is 2. The van der Waals surface area contributed by atoms with Gasteiger partial charge in [-0.2, -0.15) is 10.4 Å². The average molecular weight is 312 g/mol. The Bertz CT molecular complexity index is 711. The van der Waals surface area contributed by atoms with Crippen LogP contribution in [0.5, 0.6) is 0 Å². The summed E-state index contributed by atoms with van der Waals surface area (Å²) in [5, 5.41) is 25.9. The molecule has 0 bridgehead atoms. The van der Waals surface area contributed by atoms with Gasteiger partial charge < -0.3 is 10.4 Å². The summed E-state index contributed by atoms with van der Waals surface area (Å²) in [6.45, 7) is 1.77. The highest BCUT2D eigenvalue weighted by atomic mass is 16.3. The molecule has 2 N–H and O–H groups in total. The zero-order chi connectivity index (χ0) is 16.9. The lowest BCUT2D eigenvalue weighted by Crippen LogP contribution is -2.38. The number of carbonyl (C=O) groups is 1. The summed E-state index contributed by atoms with van der Waals surface area (Å²) in [6.07, 6.45) is 4.23. The van der Waals surface area contributed by atoms with Crippen molar-refractivity contribution < 1.29 is 9.90 Å². The number of aryl methyl sites for hydroxylation is 2. The van der Waals surface area contributed by atoms with Crippen LogP contribution in [0.25, 0.3) is 0 Å². The van der Waals surface area contributed by atoms with Gasteiger partial charge >= 0.3 is 0 Å². The zero-order valence-electron chi connectivity index (χ0n) is 13.3. The maximum Gasteiger partial charge on any atom is 0.220 e. The summed E-state index contributed by atoms with van der Waals surface area (Å²) >= 11 is 0. The van der Waals surface area contributed by atoms with Crippen LogP contribution in [0.4, 0.5) is 0 Å². The van der Waals surface area contributed by atoms with Gasteiger partial charge in [0.25, 0.3) is 0 Å². The third-order valence-electron chi connectivity index (χ3n) is 3.68. The molecule has 0 radical (unpaired) electrons. The molecule has 2 rings (SSSR count). The molecule has 0 aliphatic rings. The van der Waals surface area contributed by atoms with E-state index in [1.807, 2.05) is 12.1 Å². The first-order chi connectivity index (χ1) is 10.9. The van der Waals surface area contributed by atoms with Gasteiger partial charge in [-0.25, -0.2) is 0 Å². The van der Waals surface area contributed by atoms with Crippen LogP contribution in [-0.2, 0) is 23.9 Å². The number of nitrogens with zero attached hydrogens (tertiary/aromatic N) is 3. The molecule has 0 aliphatic carbocycles. The molecular formula is C17H20N4O2. The molecule has 0 fully saturated rings. The minimum absolute atomic E-state index is 0.126. The minimum atomic E-state index is -1.15. The van der Waals surface area contributed by atoms with Crippen LogP contribution in [0.1, 0.15) is 30.0 Å². The van der Waals surface area contributed by atoms with Crippen LogP contribution in [0.15, 0.2) is 36.7 Å². The Hall–Kier alpha value is -2.65. The molecule has 1 heterocycles. The van der Waals surface area contributed by atoms with Crippen molar-refractivity contribution in [1.29, 1.82) is 5.26 Å². The fourth-order valence-electron chi connectivity index (χ4n) is 2.16. The molecule has 1 unspecified atom stereocenters. The van der Waals surface area contributed by atoms with Crippen LogP contribution in [0.2, 0.25) is 0 Å². The molecule has 23 heavy (non-hydrogen) atoms. The van der Waals surface area contributed by atoms with Crippen molar-refractivity contribution in [2.45, 2.75) is 25.4 Å². The lowest BCUT2D eigenvalue weighted by atomic mass is 9.99. The van der Waals surface area contributed by atoms with E-state index in [-0.39, 0.29) is 12.5 Å². The number of benzene rings is 1. The maximum absolute atomic E-state index is 11.9. The van der Waals surface area contributed by atoms with E-state index in [1.165, 1.54) is 0 Å². The van der Waals surface area contributed by atoms with Gasteiger partial charge in [0, 0.05) is 25.2 Å². The molecule has 0 saturated carbocycles. The quantitative estimate of drug-likeness (QED) is 0.840. The van der Waals surface area contributed by atoms with Gasteiger partial charge in [0.05, 0.1) is 24.4 Å². The fourth-order valence-corrected chi connectivity index (χ4v) is 2.16. The number of nitriles is 1. The Morgan fingerprint density at radius 3 is 2.70 bits per heavy atom. The molecule has 0 aliphatic heterocycles. The SMILES string of the molecule is Cn1cc(C(C)(O)CNC(=O)CCc2ccc(C#N)cc2)cn1. The van der Waals surface area contributed by atoms with Crippen LogP contribution < -0.4 is 5.32 Å². The second-order valence-corrected chi connectivity index (χ2v) is 5.76. The van der Waals surface area contributed by atoms with Gasteiger partial charge in [-0.15, -0.1) is 0 Å². The summed E-state index contributed by atoms with van der Waals surface area (Å²) in [4.78, 5) is 11.9. The van der Waals surface area contributed by atoms with E-state index in [0.717, 1.165) is 5.56 Å². The smallest absolute Gasteiger partial charge is 0.220 e. The second-order valence-electron chi connectivity index (χ2n) is 5.76. The van der Waals surface area contributed by atoms with Crippen LogP contribution >= 0.6 is 0 Å². The number of hydrogen-bond donors (Lipinski definition) is 2. The summed E-state index contributed by atoms with van der Waals surface area (Å²) in [6, 6.07) is 9.22. The number of amides is 1. The first-order valence-electron chi connectivity index (χ1n) is 7.38. The lowest BCUT2D eigenvalue weighted by Gasteiger charge is -2.22. The average Bonchev–Trinajstić information content (AvgIpc) is 2.99. The Morgan fingerprint density at radius 1 is 1.43 bits per heavy atom. The normalized spacial score (nSPS) is 13.1. The molecule has 0 saturated heterocycles. The molecule has 120 valence electrons. The Morgan fingerprint density at radius 2 is 2.13 bits per heavy atom. The molecule has 0 spiro atoms. The topological polar surface area (TPSA) is 90.9 Å². The maximum atomic E-state index is 11.9. The van der Waals surface area contributed by atoms with Crippen LogP contribution in [0, 0.1) is 11.3 Å². The van der Waals surface area contributed by atoms with E-state index >= 15 is 0 Å². The van der Waals surface area contributed by atoms with Crippen molar-refractivity contribution in [1.82, 2.24) is 15.1 Å². The number of carbonyl (C=O) groups excluding carboxylic acids is 1. The van der Waals surface area contributed by atoms with Gasteiger partial charge in [0.1, 0.15) is 5.60 Å². The monoisotopic (exact) mass is 312 g/mol. The van der Waals surface area contributed by atoms with Gasteiger partial charge in [-0.1, -0.05) is 12.1 Å². The first kappa shape index (κ1) is 16.7. The molecule has 1 atom stereocenters. The highest BCUT2D eigenvalue weighted by Gasteiger charge is 2.25. The number of nitrogens with one attached hydrogen (secondary N) is 1. The number of aliphatic hydroxyl groups is 1. The highest BCUT2D eigenvalue weighted by molar-refractivity contribution is 5.76. The third-order valence-corrected chi connectivity index (χ3v) is 3.68. The molecular weight excluding hydrogens is 292 g/mol. The largest absolute Gasteiger partial charge is 0.383 e. The van der Waals surface area contributed by atoms with Gasteiger partial charge in [-0.05, 0) is 31.0 Å². The van der Waals surface area contributed by atoms with Crippen molar-refractivity contribution in [3.63, 3.8) is 0 Å². The highest BCUT2D eigenvalue weighted by Crippen LogP contribution is 2.18. The summed E-state index contributed by atoms with van der Waals surface area (Å²) in [5.74, 6) is -0.126. The molecule has 1 aromatic carbocycles. The minimum Gasteiger partial charge on any atom is -0.383 e. The van der Waals surface area contributed by atoms with Gasteiger partial charge in [-0.3, -0.25) is 9.48 Å². The van der Waals surface area contributed by atoms with Crippen molar-refractivity contribution in [2.24, 2.45) is 7.05 Å². The van der Waals surface area contributed by atoms with E-state index < -0.39 is 5.60 Å². The van der Waals surface area contributed by atoms with E-state index in [9.17, 15) is 9.90 Å². The molecule has 1 aromatic heterocycles. The lowest BCUT2D eigenvalue weighted by molar-refractivity contribution is -0.122. The fraction of sp³-hybridized carbons (Fsp3) is 0.353. The summed E-state index contributed by atoms with van der Waals surface area (Å²) in [5.41, 5.74) is 1.11. The standard InChI is InChI=1S/C17H20N4O2/c1-17(23,15-10-20-21(2)11-15)12-19-16(22)8-7-13-3-5-14(9-18)6-4-13/h3-6,10-11,23H,7-8,12H2,1-2H3,(H,19,22). The summed E-state index contributed by atoms with van der Waals surface area (Å²) < 4.78 is 1.61. The van der Waals surface area contributed by atoms with Crippen molar-refractivity contribution in [2.75, 3.05) is 6.54 Å². The molecule has 2 aromatic rings. The van der Waals surface area contributed by atoms with E-state index in [0.29, 0.717) is 24.0 Å². The van der Waals surface area contributed by atoms with Gasteiger partial charge in [0.2, 0.25) is 5.91 Å². The zero-order valence-corrected chi connectivity index (χ0v) is 13.3. The Labute approximate surface area is 135 Å². The predicted octanol–water partition coefficient (Wildman–Crippen LogP) is 1.25. The second kappa shape index (κ2) is 7.07. The molecule has 6 nitrogen and oxygen atoms in total. The number of hydrogen-bond acceptors (Lipinski definition) is 4. The van der Waals surface area contributed by atoms with Crippen LogP contribution in [0.3, 0.4) is 0 Å². The van der Waals surface area contributed by atoms with Gasteiger partial charge in [0.15, 0.2) is 0 Å². The first-order valence-corrected chi connectivity index (χ1v) is 7.38. The molecule has 1 amide bonds. The van der Waals surface area contributed by atoms with E-state index in [4.69, 9.17) is 5.26 Å². The van der Waals surface area contributed by atoms with Crippen LogP contribution in [-0.4, -0.2) is 27.3 Å². The predicted molar refractivity (Wildman–Crippen MR) is 85.3 cm³/mol. The van der Waals surface area contributed by atoms with Crippen molar-refractivity contribution >= 4 is 5.91 Å². The third kappa shape index (κ3) is 4.66. The van der Waals surface area contributed by atoms with E-state index in [1.54, 1.807) is 43.2 Å². The Balaban J connectivity index is 1.81. The van der Waals surface area contributed by atoms with E-state index in [2.05, 4.69) is 16.5 Å². The van der Waals surface area contributed by atoms with Crippen molar-refractivity contribution in [3.8, 4) is 6.07 Å². The summed E-state index contributed by atoms with van der Waals surface area (Å²) in [7, 11) is 1.77. The number of rotatable bonds is 6. The Kier molecular flexibility index (Phi) is 5.14. The molecule has 6 heteroatoms.